The van der Waals surface area contributed by atoms with Gasteiger partial charge < -0.3 is 10.4 Å². The first-order valence-electron chi connectivity index (χ1n) is 10.5. The van der Waals surface area contributed by atoms with Crippen molar-refractivity contribution in [3.05, 3.63) is 70.3 Å². The van der Waals surface area contributed by atoms with Gasteiger partial charge in [0.15, 0.2) is 0 Å². The summed E-state index contributed by atoms with van der Waals surface area (Å²) in [4.78, 5) is 14.2. The molecule has 2 unspecified atom stereocenters. The number of halogens is 3. The Hall–Kier alpha value is -3.04. The summed E-state index contributed by atoms with van der Waals surface area (Å²) in [5, 5.41) is 14.1. The van der Waals surface area contributed by atoms with Crippen LogP contribution in [0, 0.1) is 12.8 Å². The van der Waals surface area contributed by atoms with Crippen LogP contribution in [0.3, 0.4) is 0 Å². The molecule has 172 valence electrons. The van der Waals surface area contributed by atoms with Crippen LogP contribution in [-0.2, 0) is 6.18 Å². The van der Waals surface area contributed by atoms with Crippen LogP contribution in [0.5, 0.6) is 0 Å². The fourth-order valence-corrected chi connectivity index (χ4v) is 4.78. The highest BCUT2D eigenvalue weighted by atomic mass is 32.1. The molecule has 2 heterocycles. The van der Waals surface area contributed by atoms with E-state index in [1.54, 1.807) is 23.7 Å². The maximum Gasteiger partial charge on any atom is 0.416 e. The van der Waals surface area contributed by atoms with Gasteiger partial charge in [-0.25, -0.2) is 9.98 Å². The molecular formula is C24H23F3N4OS. The largest absolute Gasteiger partial charge is 0.416 e. The molecule has 0 spiro atoms. The summed E-state index contributed by atoms with van der Waals surface area (Å²) in [7, 11) is 0. The zero-order valence-corrected chi connectivity index (χ0v) is 18.9. The summed E-state index contributed by atoms with van der Waals surface area (Å²) in [6, 6.07) is 8.34. The van der Waals surface area contributed by atoms with Gasteiger partial charge >= 0.3 is 6.18 Å². The number of aliphatic imine (C=N–C) groups is 1. The average molecular weight is 473 g/mol. The number of aliphatic hydroxyl groups excluding tert-OH is 1. The molecule has 0 aliphatic heterocycles. The van der Waals surface area contributed by atoms with Gasteiger partial charge in [0.25, 0.3) is 0 Å². The Morgan fingerprint density at radius 1 is 1.12 bits per heavy atom. The number of anilines is 1. The van der Waals surface area contributed by atoms with E-state index < -0.39 is 18.1 Å². The van der Waals surface area contributed by atoms with Crippen molar-refractivity contribution in [1.82, 2.24) is 9.97 Å². The van der Waals surface area contributed by atoms with Crippen molar-refractivity contribution in [2.45, 2.75) is 39.2 Å². The first-order valence-corrected chi connectivity index (χ1v) is 11.3. The zero-order chi connectivity index (χ0) is 23.6. The topological polar surface area (TPSA) is 70.4 Å². The Kier molecular flexibility index (Phi) is 6.62. The van der Waals surface area contributed by atoms with Gasteiger partial charge in [0.05, 0.1) is 21.1 Å². The Balaban J connectivity index is 1.57. The number of nitrogens with zero attached hydrogens (tertiary/aromatic N) is 3. The van der Waals surface area contributed by atoms with E-state index in [-0.39, 0.29) is 0 Å². The second-order valence-electron chi connectivity index (χ2n) is 8.04. The smallest absolute Gasteiger partial charge is 0.355 e. The van der Waals surface area contributed by atoms with Gasteiger partial charge in [-0.1, -0.05) is 6.92 Å². The highest BCUT2D eigenvalue weighted by molar-refractivity contribution is 7.13. The Morgan fingerprint density at radius 2 is 1.82 bits per heavy atom. The monoisotopic (exact) mass is 472 g/mol. The number of aliphatic hydroxyl groups is 1. The Labute approximate surface area is 193 Å². The number of aromatic nitrogens is 2. The standard InChI is InChI=1S/C24H23F3N4OS/c1-14-11-17(22-21(29-15(2)33-22)16-7-9-28-10-8-16)13-20(12-14)31-23(32)30-19-5-3-18(4-6-19)24(25,26)27/h3-10,13-14,23,30,32H,11-12H2,1-2H3. The molecule has 0 saturated heterocycles. The minimum absolute atomic E-state index is 0.315. The number of allylic oxidation sites excluding steroid dienone is 2. The van der Waals surface area contributed by atoms with E-state index in [4.69, 9.17) is 4.98 Å². The summed E-state index contributed by atoms with van der Waals surface area (Å²) in [6.45, 7) is 4.09. The summed E-state index contributed by atoms with van der Waals surface area (Å²) >= 11 is 1.62. The summed E-state index contributed by atoms with van der Waals surface area (Å²) in [5.74, 6) is 0.315. The van der Waals surface area contributed by atoms with Crippen molar-refractivity contribution in [3.8, 4) is 11.3 Å². The molecule has 0 fully saturated rings. The Morgan fingerprint density at radius 3 is 2.48 bits per heavy atom. The van der Waals surface area contributed by atoms with Gasteiger partial charge in [-0.3, -0.25) is 4.98 Å². The van der Waals surface area contributed by atoms with Crippen LogP contribution in [0.1, 0.15) is 35.2 Å². The first kappa shape index (κ1) is 23.1. The van der Waals surface area contributed by atoms with E-state index in [1.807, 2.05) is 25.1 Å². The molecule has 3 aromatic rings. The van der Waals surface area contributed by atoms with E-state index in [2.05, 4.69) is 22.2 Å². The highest BCUT2D eigenvalue weighted by Crippen LogP contribution is 2.39. The third kappa shape index (κ3) is 5.66. The van der Waals surface area contributed by atoms with E-state index in [0.717, 1.165) is 51.0 Å². The van der Waals surface area contributed by atoms with E-state index >= 15 is 0 Å². The van der Waals surface area contributed by atoms with Crippen molar-refractivity contribution in [3.63, 3.8) is 0 Å². The molecule has 1 aromatic carbocycles. The molecule has 5 nitrogen and oxygen atoms in total. The number of benzene rings is 1. The van der Waals surface area contributed by atoms with Crippen LogP contribution in [0.25, 0.3) is 16.8 Å². The second kappa shape index (κ2) is 9.44. The minimum Gasteiger partial charge on any atom is -0.355 e. The van der Waals surface area contributed by atoms with Gasteiger partial charge in [-0.2, -0.15) is 13.2 Å². The molecule has 0 amide bonds. The average Bonchev–Trinajstić information content (AvgIpc) is 3.15. The zero-order valence-electron chi connectivity index (χ0n) is 18.1. The van der Waals surface area contributed by atoms with Crippen LogP contribution < -0.4 is 5.32 Å². The molecule has 2 atom stereocenters. The minimum atomic E-state index is -4.40. The van der Waals surface area contributed by atoms with Gasteiger partial charge in [-0.15, -0.1) is 11.3 Å². The van der Waals surface area contributed by atoms with Gasteiger partial charge in [0, 0.05) is 29.4 Å². The van der Waals surface area contributed by atoms with Crippen molar-refractivity contribution in [1.29, 1.82) is 0 Å². The normalized spacial score (nSPS) is 18.8. The van der Waals surface area contributed by atoms with Crippen LogP contribution >= 0.6 is 11.3 Å². The third-order valence-corrected chi connectivity index (χ3v) is 6.29. The predicted octanol–water partition coefficient (Wildman–Crippen LogP) is 6.17. The van der Waals surface area contributed by atoms with Crippen LogP contribution in [0.2, 0.25) is 0 Å². The first-order chi connectivity index (χ1) is 15.7. The lowest BCUT2D eigenvalue weighted by atomic mass is 9.87. The number of nitrogens with one attached hydrogen (secondary N) is 1. The van der Waals surface area contributed by atoms with Gasteiger partial charge in [-0.05, 0) is 73.7 Å². The molecule has 0 bridgehead atoms. The lowest BCUT2D eigenvalue weighted by Crippen LogP contribution is -2.20. The molecule has 0 radical (unpaired) electrons. The maximum atomic E-state index is 12.7. The number of pyridine rings is 1. The number of hydrogen-bond acceptors (Lipinski definition) is 6. The molecule has 0 saturated carbocycles. The molecule has 1 aliphatic carbocycles. The molecule has 9 heteroatoms. The lowest BCUT2D eigenvalue weighted by molar-refractivity contribution is -0.137. The number of alkyl halides is 3. The fourth-order valence-electron chi connectivity index (χ4n) is 3.82. The highest BCUT2D eigenvalue weighted by Gasteiger charge is 2.30. The molecule has 1 aliphatic rings. The van der Waals surface area contributed by atoms with Crippen molar-refractivity contribution < 1.29 is 18.3 Å². The molecule has 33 heavy (non-hydrogen) atoms. The van der Waals surface area contributed by atoms with Crippen LogP contribution in [0.4, 0.5) is 18.9 Å². The second-order valence-corrected chi connectivity index (χ2v) is 9.25. The van der Waals surface area contributed by atoms with Crippen LogP contribution in [-0.4, -0.2) is 27.1 Å². The molecule has 2 aromatic heterocycles. The summed E-state index contributed by atoms with van der Waals surface area (Å²) < 4.78 is 38.2. The number of thiazole rings is 1. The van der Waals surface area contributed by atoms with E-state index in [9.17, 15) is 18.3 Å². The van der Waals surface area contributed by atoms with Crippen molar-refractivity contribution in [2.24, 2.45) is 10.9 Å². The van der Waals surface area contributed by atoms with E-state index in [1.165, 1.54) is 12.1 Å². The SMILES string of the molecule is Cc1nc(-c2ccncc2)c(C2=CC(=NC(O)Nc3ccc(C(F)(F)F)cc3)CC(C)C2)s1. The van der Waals surface area contributed by atoms with Crippen molar-refractivity contribution in [2.75, 3.05) is 5.32 Å². The molecule has 2 N–H and O–H groups in total. The number of rotatable bonds is 5. The maximum absolute atomic E-state index is 12.7. The predicted molar refractivity (Wildman–Crippen MR) is 125 cm³/mol. The molecule has 4 rings (SSSR count). The number of hydrogen-bond donors (Lipinski definition) is 2. The Bertz CT molecular complexity index is 1170. The van der Waals surface area contributed by atoms with Gasteiger partial charge in [0.2, 0.25) is 6.35 Å². The summed E-state index contributed by atoms with van der Waals surface area (Å²) in [5.41, 5.74) is 3.33. The summed E-state index contributed by atoms with van der Waals surface area (Å²) in [6.07, 6.45) is 1.33. The number of aryl methyl sites for hydroxylation is 1. The lowest BCUT2D eigenvalue weighted by Gasteiger charge is -2.22. The van der Waals surface area contributed by atoms with E-state index in [0.29, 0.717) is 18.0 Å². The quantitative estimate of drug-likeness (QED) is 0.436. The fraction of sp³-hybridized carbons (Fsp3) is 0.292. The van der Waals surface area contributed by atoms with Gasteiger partial charge in [0.1, 0.15) is 0 Å². The van der Waals surface area contributed by atoms with Crippen molar-refractivity contribution >= 4 is 28.3 Å². The van der Waals surface area contributed by atoms with Crippen LogP contribution in [0.15, 0.2) is 59.9 Å². The third-order valence-electron chi connectivity index (χ3n) is 5.24. The molecular weight excluding hydrogens is 449 g/mol.